The largest absolute Gasteiger partial charge is 0.330 e. The Labute approximate surface area is 164 Å². The number of nitrogens with one attached hydrogen (secondary N) is 2. The third-order valence-electron chi connectivity index (χ3n) is 4.11. The fraction of sp³-hybridized carbons (Fsp3) is 0.316. The molecule has 0 spiro atoms. The topological polar surface area (TPSA) is 108 Å². The predicted molar refractivity (Wildman–Crippen MR) is 108 cm³/mol. The fourth-order valence-corrected chi connectivity index (χ4v) is 3.73. The molecule has 0 saturated carbocycles. The summed E-state index contributed by atoms with van der Waals surface area (Å²) in [6.45, 7) is 4.21. The number of carbonyl (C=O) groups excluding carboxylic acids is 2. The molecule has 2 N–H and O–H groups in total. The predicted octanol–water partition coefficient (Wildman–Crippen LogP) is 2.11. The molecule has 0 unspecified atom stereocenters. The van der Waals surface area contributed by atoms with Crippen LogP contribution in [0.5, 0.6) is 0 Å². The van der Waals surface area contributed by atoms with Gasteiger partial charge in [-0.25, -0.2) is 8.42 Å². The maximum Gasteiger partial charge on any atom is 0.257 e. The zero-order valence-electron chi connectivity index (χ0n) is 15.7. The molecule has 0 bridgehead atoms. The first-order chi connectivity index (χ1) is 13.2. The van der Waals surface area contributed by atoms with Crippen molar-refractivity contribution in [2.45, 2.75) is 20.3 Å². The minimum atomic E-state index is -3.42. The van der Waals surface area contributed by atoms with Gasteiger partial charge in [0.1, 0.15) is 5.84 Å². The SMILES string of the molecule is CC(C)CC(=O)Nc1ccc(NC(=O)C2=CN3CCS(=O)(=O)N=C3C=C2)cc1. The first kappa shape index (κ1) is 19.8. The molecule has 2 heterocycles. The average Bonchev–Trinajstić information content (AvgIpc) is 2.61. The van der Waals surface area contributed by atoms with Gasteiger partial charge in [0.15, 0.2) is 0 Å². The molecule has 1 aromatic rings. The Hall–Kier alpha value is -2.94. The van der Waals surface area contributed by atoms with Crippen molar-refractivity contribution in [3.63, 3.8) is 0 Å². The van der Waals surface area contributed by atoms with Gasteiger partial charge in [-0.05, 0) is 42.3 Å². The van der Waals surface area contributed by atoms with Crippen molar-refractivity contribution in [1.82, 2.24) is 4.90 Å². The van der Waals surface area contributed by atoms with E-state index in [1.807, 2.05) is 13.8 Å². The lowest BCUT2D eigenvalue weighted by atomic mass is 10.1. The first-order valence-corrected chi connectivity index (χ1v) is 10.5. The van der Waals surface area contributed by atoms with Crippen molar-refractivity contribution in [2.75, 3.05) is 22.9 Å². The van der Waals surface area contributed by atoms with Crippen LogP contribution >= 0.6 is 0 Å². The highest BCUT2D eigenvalue weighted by molar-refractivity contribution is 7.90. The average molecular weight is 402 g/mol. The molecule has 148 valence electrons. The fourth-order valence-electron chi connectivity index (χ4n) is 2.76. The Morgan fingerprint density at radius 3 is 2.39 bits per heavy atom. The summed E-state index contributed by atoms with van der Waals surface area (Å²) in [5.74, 6) is 0.135. The van der Waals surface area contributed by atoms with Crippen LogP contribution in [0, 0.1) is 5.92 Å². The number of fused-ring (bicyclic) bond motifs is 1. The molecule has 3 rings (SSSR count). The first-order valence-electron chi connectivity index (χ1n) is 8.92. The molecular formula is C19H22N4O4S. The summed E-state index contributed by atoms with van der Waals surface area (Å²) in [6, 6.07) is 6.85. The van der Waals surface area contributed by atoms with Crippen LogP contribution in [0.15, 0.2) is 52.6 Å². The Bertz CT molecular complexity index is 976. The van der Waals surface area contributed by atoms with Gasteiger partial charge in [-0.1, -0.05) is 13.8 Å². The number of rotatable bonds is 5. The molecule has 0 fully saturated rings. The van der Waals surface area contributed by atoms with Crippen LogP contribution in [0.25, 0.3) is 0 Å². The normalized spacial score (nSPS) is 17.5. The van der Waals surface area contributed by atoms with Crippen LogP contribution in [0.2, 0.25) is 0 Å². The van der Waals surface area contributed by atoms with E-state index in [1.54, 1.807) is 35.4 Å². The third kappa shape index (κ3) is 5.07. The molecule has 0 saturated heterocycles. The number of sulfonamides is 1. The van der Waals surface area contributed by atoms with Gasteiger partial charge in [-0.3, -0.25) is 9.59 Å². The summed E-state index contributed by atoms with van der Waals surface area (Å²) in [6.07, 6.45) is 5.08. The van der Waals surface area contributed by atoms with Crippen molar-refractivity contribution < 1.29 is 18.0 Å². The van der Waals surface area contributed by atoms with Gasteiger partial charge < -0.3 is 15.5 Å². The molecular weight excluding hydrogens is 380 g/mol. The van der Waals surface area contributed by atoms with Crippen LogP contribution in [-0.2, 0) is 19.6 Å². The van der Waals surface area contributed by atoms with E-state index >= 15 is 0 Å². The Balaban J connectivity index is 1.62. The number of hydrogen-bond acceptors (Lipinski definition) is 5. The molecule has 0 radical (unpaired) electrons. The van der Waals surface area contributed by atoms with E-state index in [-0.39, 0.29) is 30.0 Å². The van der Waals surface area contributed by atoms with Crippen molar-refractivity contribution >= 4 is 39.0 Å². The van der Waals surface area contributed by atoms with Gasteiger partial charge in [0.05, 0.1) is 11.3 Å². The highest BCUT2D eigenvalue weighted by Crippen LogP contribution is 2.19. The molecule has 2 amide bonds. The third-order valence-corrected chi connectivity index (χ3v) is 5.27. The lowest BCUT2D eigenvalue weighted by molar-refractivity contribution is -0.117. The lowest BCUT2D eigenvalue weighted by Crippen LogP contribution is -2.37. The maximum atomic E-state index is 12.5. The summed E-state index contributed by atoms with van der Waals surface area (Å²) < 4.78 is 26.8. The second-order valence-corrected chi connectivity index (χ2v) is 8.78. The number of anilines is 2. The lowest BCUT2D eigenvalue weighted by Gasteiger charge is -2.26. The van der Waals surface area contributed by atoms with Gasteiger partial charge in [0.2, 0.25) is 5.91 Å². The maximum absolute atomic E-state index is 12.5. The number of benzene rings is 1. The van der Waals surface area contributed by atoms with Crippen LogP contribution in [0.3, 0.4) is 0 Å². The standard InChI is InChI=1S/C19H22N4O4S/c1-13(2)11-18(24)20-15-4-6-16(7-5-15)21-19(25)14-3-8-17-22-28(26,27)10-9-23(17)12-14/h3-8,12-13H,9-11H2,1-2H3,(H,20,24)(H,21,25). The van der Waals surface area contributed by atoms with E-state index < -0.39 is 10.0 Å². The summed E-state index contributed by atoms with van der Waals surface area (Å²) in [4.78, 5) is 25.9. The number of amides is 2. The number of amidine groups is 1. The molecule has 0 aromatic heterocycles. The van der Waals surface area contributed by atoms with Crippen LogP contribution < -0.4 is 10.6 Å². The summed E-state index contributed by atoms with van der Waals surface area (Å²) in [5, 5.41) is 5.59. The minimum Gasteiger partial charge on any atom is -0.330 e. The highest BCUT2D eigenvalue weighted by Gasteiger charge is 2.25. The number of carbonyl (C=O) groups is 2. The van der Waals surface area contributed by atoms with Crippen molar-refractivity contribution in [3.05, 3.63) is 48.2 Å². The smallest absolute Gasteiger partial charge is 0.257 e. The van der Waals surface area contributed by atoms with Crippen LogP contribution in [0.1, 0.15) is 20.3 Å². The molecule has 28 heavy (non-hydrogen) atoms. The Morgan fingerprint density at radius 1 is 1.11 bits per heavy atom. The van der Waals surface area contributed by atoms with Crippen molar-refractivity contribution in [3.8, 4) is 0 Å². The van der Waals surface area contributed by atoms with E-state index in [0.29, 0.717) is 29.2 Å². The van der Waals surface area contributed by atoms with Crippen LogP contribution in [0.4, 0.5) is 11.4 Å². The second-order valence-electron chi connectivity index (χ2n) is 7.02. The highest BCUT2D eigenvalue weighted by atomic mass is 32.2. The second kappa shape index (κ2) is 7.97. The quantitative estimate of drug-likeness (QED) is 0.784. The summed E-state index contributed by atoms with van der Waals surface area (Å²) in [7, 11) is -3.42. The number of hydrogen-bond donors (Lipinski definition) is 2. The summed E-state index contributed by atoms with van der Waals surface area (Å²) >= 11 is 0. The van der Waals surface area contributed by atoms with E-state index in [9.17, 15) is 18.0 Å². The molecule has 8 nitrogen and oxygen atoms in total. The monoisotopic (exact) mass is 402 g/mol. The van der Waals surface area contributed by atoms with E-state index in [2.05, 4.69) is 15.0 Å². The molecule has 0 aliphatic carbocycles. The zero-order chi connectivity index (χ0) is 20.3. The molecule has 1 aromatic carbocycles. The molecule has 2 aliphatic rings. The molecule has 0 atom stereocenters. The van der Waals surface area contributed by atoms with Crippen LogP contribution in [-0.4, -0.2) is 43.3 Å². The van der Waals surface area contributed by atoms with Gasteiger partial charge in [-0.2, -0.15) is 0 Å². The molecule has 2 aliphatic heterocycles. The van der Waals surface area contributed by atoms with Gasteiger partial charge in [-0.15, -0.1) is 4.40 Å². The van der Waals surface area contributed by atoms with Crippen molar-refractivity contribution in [2.24, 2.45) is 10.3 Å². The zero-order valence-corrected chi connectivity index (χ0v) is 16.5. The minimum absolute atomic E-state index is 0.0506. The Morgan fingerprint density at radius 2 is 1.75 bits per heavy atom. The van der Waals surface area contributed by atoms with Crippen molar-refractivity contribution in [1.29, 1.82) is 0 Å². The van der Waals surface area contributed by atoms with Gasteiger partial charge in [0.25, 0.3) is 15.9 Å². The molecule has 9 heteroatoms. The summed E-state index contributed by atoms with van der Waals surface area (Å²) in [5.41, 5.74) is 1.64. The van der Waals surface area contributed by atoms with E-state index in [1.165, 1.54) is 12.2 Å². The van der Waals surface area contributed by atoms with E-state index in [4.69, 9.17) is 0 Å². The van der Waals surface area contributed by atoms with E-state index in [0.717, 1.165) is 0 Å². The Kier molecular flexibility index (Phi) is 5.64. The number of nitrogens with zero attached hydrogens (tertiary/aromatic N) is 2. The van der Waals surface area contributed by atoms with Gasteiger partial charge in [0, 0.05) is 30.5 Å². The van der Waals surface area contributed by atoms with Gasteiger partial charge >= 0.3 is 0 Å².